The predicted molar refractivity (Wildman–Crippen MR) is 119 cm³/mol. The van der Waals surface area contributed by atoms with Gasteiger partial charge in [-0.2, -0.15) is 10.2 Å². The van der Waals surface area contributed by atoms with Crippen LogP contribution in [-0.4, -0.2) is 25.9 Å². The smallest absolute Gasteiger partial charge is 0.217 e. The molecule has 158 valence electrons. The van der Waals surface area contributed by atoms with Crippen molar-refractivity contribution in [2.75, 3.05) is 0 Å². The van der Waals surface area contributed by atoms with Gasteiger partial charge in [0, 0.05) is 29.8 Å². The second kappa shape index (κ2) is 7.74. The maximum atomic E-state index is 11.0. The first-order valence-corrected chi connectivity index (χ1v) is 10.8. The quantitative estimate of drug-likeness (QED) is 0.644. The summed E-state index contributed by atoms with van der Waals surface area (Å²) >= 11 is 0. The second-order valence-electron chi connectivity index (χ2n) is 9.21. The molecule has 30 heavy (non-hydrogen) atoms. The van der Waals surface area contributed by atoms with Crippen molar-refractivity contribution >= 4 is 5.91 Å². The third kappa shape index (κ3) is 3.91. The van der Waals surface area contributed by atoms with E-state index < -0.39 is 0 Å². The Hall–Kier alpha value is -2.89. The van der Waals surface area contributed by atoms with Crippen molar-refractivity contribution in [2.45, 2.75) is 66.3 Å². The van der Waals surface area contributed by atoms with E-state index in [0.717, 1.165) is 53.2 Å². The Morgan fingerprint density at radius 3 is 2.80 bits per heavy atom. The van der Waals surface area contributed by atoms with Crippen LogP contribution in [0.2, 0.25) is 0 Å². The minimum atomic E-state index is -0.271. The highest BCUT2D eigenvalue weighted by Crippen LogP contribution is 2.39. The van der Waals surface area contributed by atoms with E-state index in [4.69, 9.17) is 10.8 Å². The summed E-state index contributed by atoms with van der Waals surface area (Å²) in [6, 6.07) is 8.35. The van der Waals surface area contributed by atoms with Gasteiger partial charge in [-0.25, -0.2) is 0 Å². The molecule has 6 heteroatoms. The molecule has 0 bridgehead atoms. The molecule has 2 aromatic heterocycles. The molecule has 4 rings (SSSR count). The van der Waals surface area contributed by atoms with Gasteiger partial charge in [0.15, 0.2) is 0 Å². The number of hydrogen-bond acceptors (Lipinski definition) is 3. The lowest BCUT2D eigenvalue weighted by molar-refractivity contribution is -0.117. The monoisotopic (exact) mass is 405 g/mol. The number of amides is 1. The minimum absolute atomic E-state index is 0.271. The number of nitrogens with two attached hydrogens (primary N) is 1. The molecular weight excluding hydrogens is 374 g/mol. The number of carbonyl (C=O) groups excluding carboxylic acids is 1. The zero-order valence-electron chi connectivity index (χ0n) is 18.4. The van der Waals surface area contributed by atoms with E-state index in [9.17, 15) is 4.79 Å². The molecule has 2 heterocycles. The third-order valence-corrected chi connectivity index (χ3v) is 6.22. The molecule has 0 aliphatic heterocycles. The molecule has 1 aliphatic rings. The van der Waals surface area contributed by atoms with Gasteiger partial charge in [-0.3, -0.25) is 14.6 Å². The Morgan fingerprint density at radius 1 is 1.30 bits per heavy atom. The number of hydrogen-bond donors (Lipinski definition) is 2. The van der Waals surface area contributed by atoms with Gasteiger partial charge in [-0.1, -0.05) is 32.0 Å². The summed E-state index contributed by atoms with van der Waals surface area (Å²) in [6.07, 6.45) is 4.33. The van der Waals surface area contributed by atoms with Crippen molar-refractivity contribution in [2.24, 2.45) is 11.1 Å². The average Bonchev–Trinajstić information content (AvgIpc) is 3.30. The van der Waals surface area contributed by atoms with Crippen LogP contribution in [0.25, 0.3) is 22.6 Å². The predicted octanol–water partition coefficient (Wildman–Crippen LogP) is 4.20. The molecule has 3 N–H and O–H groups in total. The lowest BCUT2D eigenvalue weighted by Gasteiger charge is -2.30. The number of primary amides is 1. The van der Waals surface area contributed by atoms with Gasteiger partial charge >= 0.3 is 0 Å². The van der Waals surface area contributed by atoms with Crippen LogP contribution in [0.3, 0.4) is 0 Å². The number of carbonyl (C=O) groups is 1. The summed E-state index contributed by atoms with van der Waals surface area (Å²) in [6.45, 7) is 9.79. The van der Waals surface area contributed by atoms with E-state index in [1.807, 2.05) is 0 Å². The minimum Gasteiger partial charge on any atom is -0.370 e. The number of aromatic nitrogens is 4. The van der Waals surface area contributed by atoms with Crippen LogP contribution in [0.1, 0.15) is 56.0 Å². The number of H-pyrrole nitrogens is 1. The Kier molecular flexibility index (Phi) is 5.26. The fourth-order valence-corrected chi connectivity index (χ4v) is 4.49. The topological polar surface area (TPSA) is 89.6 Å². The Labute approximate surface area is 177 Å². The summed E-state index contributed by atoms with van der Waals surface area (Å²) in [5, 5.41) is 12.7. The maximum absolute atomic E-state index is 11.0. The van der Waals surface area contributed by atoms with Crippen molar-refractivity contribution in [1.29, 1.82) is 0 Å². The van der Waals surface area contributed by atoms with Crippen LogP contribution >= 0.6 is 0 Å². The molecule has 1 aromatic carbocycles. The van der Waals surface area contributed by atoms with Crippen molar-refractivity contribution in [3.8, 4) is 22.6 Å². The fraction of sp³-hybridized carbons (Fsp3) is 0.458. The van der Waals surface area contributed by atoms with E-state index in [2.05, 4.69) is 66.8 Å². The normalized spacial score (nSPS) is 15.2. The Morgan fingerprint density at radius 2 is 2.10 bits per heavy atom. The van der Waals surface area contributed by atoms with Crippen molar-refractivity contribution < 1.29 is 4.79 Å². The van der Waals surface area contributed by atoms with E-state index in [1.54, 1.807) is 0 Å². The summed E-state index contributed by atoms with van der Waals surface area (Å²) in [7, 11) is 0. The number of nitrogens with zero attached hydrogens (tertiary/aromatic N) is 3. The number of nitrogens with one attached hydrogen (secondary N) is 1. The number of aryl methyl sites for hydroxylation is 3. The number of benzene rings is 1. The zero-order valence-corrected chi connectivity index (χ0v) is 18.4. The lowest BCUT2D eigenvalue weighted by atomic mass is 9.76. The van der Waals surface area contributed by atoms with Gasteiger partial charge < -0.3 is 5.73 Å². The van der Waals surface area contributed by atoms with Crippen molar-refractivity contribution in [3.05, 3.63) is 46.6 Å². The van der Waals surface area contributed by atoms with Crippen LogP contribution in [0, 0.1) is 12.3 Å². The zero-order chi connectivity index (χ0) is 21.5. The summed E-state index contributed by atoms with van der Waals surface area (Å²) in [4.78, 5) is 11.0. The lowest BCUT2D eigenvalue weighted by Crippen LogP contribution is -2.24. The molecule has 0 fully saturated rings. The first kappa shape index (κ1) is 20.4. The Balaban J connectivity index is 1.64. The molecule has 0 spiro atoms. The highest BCUT2D eigenvalue weighted by atomic mass is 16.1. The largest absolute Gasteiger partial charge is 0.370 e. The van der Waals surface area contributed by atoms with Crippen LogP contribution in [0.15, 0.2) is 24.3 Å². The van der Waals surface area contributed by atoms with E-state index in [-0.39, 0.29) is 5.91 Å². The highest BCUT2D eigenvalue weighted by Gasteiger charge is 2.31. The molecule has 1 aliphatic carbocycles. The van der Waals surface area contributed by atoms with Crippen LogP contribution < -0.4 is 5.73 Å². The molecule has 6 nitrogen and oxygen atoms in total. The molecule has 0 saturated carbocycles. The molecule has 0 radical (unpaired) electrons. The van der Waals surface area contributed by atoms with Gasteiger partial charge in [0.1, 0.15) is 5.69 Å². The van der Waals surface area contributed by atoms with Gasteiger partial charge in [0.05, 0.1) is 11.4 Å². The summed E-state index contributed by atoms with van der Waals surface area (Å²) in [5.74, 6) is -0.271. The molecule has 0 saturated heterocycles. The van der Waals surface area contributed by atoms with Crippen molar-refractivity contribution in [1.82, 2.24) is 20.0 Å². The molecule has 3 aromatic rings. The number of aromatic amines is 1. The summed E-state index contributed by atoms with van der Waals surface area (Å²) in [5.41, 5.74) is 14.6. The molecular formula is C24H31N5O. The SMILES string of the molecule is CCn1nc(-c2cc(-c3ccc(CCC(N)=O)cc3C)n[nH]2)c2c1CC(C)(C)CC2. The first-order valence-electron chi connectivity index (χ1n) is 10.8. The average molecular weight is 406 g/mol. The van der Waals surface area contributed by atoms with E-state index in [1.165, 1.54) is 17.7 Å². The second-order valence-corrected chi connectivity index (χ2v) is 9.21. The number of fused-ring (bicyclic) bond motifs is 1. The third-order valence-electron chi connectivity index (χ3n) is 6.22. The van der Waals surface area contributed by atoms with Gasteiger partial charge in [-0.05, 0) is 62.1 Å². The molecule has 0 atom stereocenters. The first-order chi connectivity index (χ1) is 14.3. The Bertz CT molecular complexity index is 1090. The number of rotatable bonds is 6. The standard InChI is InChI=1S/C24H31N5O/c1-5-29-21-14-24(3,4)11-10-18(21)23(28-29)20-13-19(26-27-20)17-8-6-16(12-15(17)2)7-9-22(25)30/h6,8,12-13H,5,7,9-11,14H2,1-4H3,(H2,25,30)(H,26,27). The van der Waals surface area contributed by atoms with Gasteiger partial charge in [0.2, 0.25) is 5.91 Å². The van der Waals surface area contributed by atoms with Crippen LogP contribution in [0.5, 0.6) is 0 Å². The molecule has 0 unspecified atom stereocenters. The molecule has 1 amide bonds. The highest BCUT2D eigenvalue weighted by molar-refractivity contribution is 5.74. The maximum Gasteiger partial charge on any atom is 0.217 e. The summed E-state index contributed by atoms with van der Waals surface area (Å²) < 4.78 is 2.16. The van der Waals surface area contributed by atoms with Gasteiger partial charge in [0.25, 0.3) is 0 Å². The van der Waals surface area contributed by atoms with E-state index >= 15 is 0 Å². The van der Waals surface area contributed by atoms with Crippen LogP contribution in [-0.2, 0) is 30.6 Å². The fourth-order valence-electron chi connectivity index (χ4n) is 4.49. The van der Waals surface area contributed by atoms with Crippen molar-refractivity contribution in [3.63, 3.8) is 0 Å². The van der Waals surface area contributed by atoms with E-state index in [0.29, 0.717) is 18.3 Å². The van der Waals surface area contributed by atoms with Gasteiger partial charge in [-0.15, -0.1) is 0 Å². The van der Waals surface area contributed by atoms with Crippen LogP contribution in [0.4, 0.5) is 0 Å².